The van der Waals surface area contributed by atoms with Gasteiger partial charge in [-0.05, 0) is 25.1 Å². The van der Waals surface area contributed by atoms with Crippen molar-refractivity contribution >= 4 is 46.1 Å². The number of pyridine rings is 2. The third-order valence-electron chi connectivity index (χ3n) is 4.54. The van der Waals surface area contributed by atoms with Crippen molar-refractivity contribution in [3.8, 4) is 0 Å². The summed E-state index contributed by atoms with van der Waals surface area (Å²) in [7, 11) is 0. The van der Waals surface area contributed by atoms with Gasteiger partial charge in [0.2, 0.25) is 0 Å². The maximum atomic E-state index is 13.0. The Bertz CT molecular complexity index is 1350. The molecule has 0 fully saturated rings. The number of alkyl halides is 3. The number of halogens is 4. The monoisotopic (exact) mass is 494 g/mol. The van der Waals surface area contributed by atoms with Crippen molar-refractivity contribution < 1.29 is 22.8 Å². The molecule has 0 saturated heterocycles. The van der Waals surface area contributed by atoms with Crippen molar-refractivity contribution in [1.82, 2.24) is 24.9 Å². The van der Waals surface area contributed by atoms with Gasteiger partial charge in [0.05, 0.1) is 40.1 Å². The van der Waals surface area contributed by atoms with Crippen LogP contribution in [-0.2, 0) is 6.18 Å². The molecule has 1 unspecified atom stereocenters. The maximum absolute atomic E-state index is 13.0. The largest absolute Gasteiger partial charge is 0.418 e. The number of amides is 2. The van der Waals surface area contributed by atoms with Gasteiger partial charge < -0.3 is 10.6 Å². The number of fused-ring (bicyclic) bond motifs is 1. The van der Waals surface area contributed by atoms with Gasteiger partial charge in [0.1, 0.15) is 15.7 Å². The highest BCUT2D eigenvalue weighted by Gasteiger charge is 2.34. The minimum Gasteiger partial charge on any atom is -0.343 e. The van der Waals surface area contributed by atoms with Gasteiger partial charge in [0, 0.05) is 12.4 Å². The van der Waals surface area contributed by atoms with Crippen LogP contribution in [0.4, 0.5) is 19.0 Å². The second kappa shape index (κ2) is 8.79. The molecule has 1 atom stereocenters. The number of rotatable bonds is 5. The fraction of sp³-hybridized carbons (Fsp3) is 0.150. The summed E-state index contributed by atoms with van der Waals surface area (Å²) in [6, 6.07) is 5.45. The van der Waals surface area contributed by atoms with E-state index in [1.165, 1.54) is 12.4 Å². The fourth-order valence-corrected chi connectivity index (χ4v) is 3.97. The predicted octanol–water partition coefficient (Wildman–Crippen LogP) is 4.60. The molecule has 4 aromatic rings. The first-order chi connectivity index (χ1) is 15.6. The first-order valence-corrected chi connectivity index (χ1v) is 10.6. The highest BCUT2D eigenvalue weighted by Crippen LogP contribution is 2.35. The Morgan fingerprint density at radius 2 is 1.94 bits per heavy atom. The van der Waals surface area contributed by atoms with E-state index in [4.69, 9.17) is 11.6 Å². The lowest BCUT2D eigenvalue weighted by Gasteiger charge is -2.11. The summed E-state index contributed by atoms with van der Waals surface area (Å²) in [5.74, 6) is -1.36. The normalized spacial score (nSPS) is 12.5. The van der Waals surface area contributed by atoms with Crippen molar-refractivity contribution in [2.24, 2.45) is 0 Å². The quantitative estimate of drug-likeness (QED) is 0.422. The van der Waals surface area contributed by atoms with Crippen molar-refractivity contribution in [3.05, 3.63) is 75.1 Å². The summed E-state index contributed by atoms with van der Waals surface area (Å²) < 4.78 is 40.6. The van der Waals surface area contributed by atoms with Gasteiger partial charge in [-0.3, -0.25) is 9.59 Å². The zero-order valence-electron chi connectivity index (χ0n) is 16.7. The molecule has 0 aliphatic rings. The number of aromatic nitrogens is 4. The Morgan fingerprint density at radius 1 is 1.15 bits per heavy atom. The zero-order chi connectivity index (χ0) is 23.8. The molecule has 4 rings (SSSR count). The number of hydrogen-bond donors (Lipinski definition) is 2. The summed E-state index contributed by atoms with van der Waals surface area (Å²) in [5.41, 5.74) is -0.0927. The molecule has 2 amide bonds. The van der Waals surface area contributed by atoms with Gasteiger partial charge in [-0.25, -0.2) is 14.5 Å². The molecule has 2 N–H and O–H groups in total. The van der Waals surface area contributed by atoms with E-state index in [0.717, 1.165) is 17.5 Å². The molecule has 33 heavy (non-hydrogen) atoms. The van der Waals surface area contributed by atoms with Crippen molar-refractivity contribution in [2.75, 3.05) is 5.32 Å². The minimum atomic E-state index is -4.69. The van der Waals surface area contributed by atoms with Crippen LogP contribution in [0.15, 0.2) is 49.1 Å². The number of thiazole rings is 1. The van der Waals surface area contributed by atoms with E-state index < -0.39 is 28.7 Å². The second-order valence-electron chi connectivity index (χ2n) is 6.85. The molecule has 0 aliphatic heterocycles. The average molecular weight is 495 g/mol. The van der Waals surface area contributed by atoms with Gasteiger partial charge >= 0.3 is 6.18 Å². The summed E-state index contributed by atoms with van der Waals surface area (Å²) in [4.78, 5) is 33.1. The molecule has 0 radical (unpaired) electrons. The van der Waals surface area contributed by atoms with Gasteiger partial charge in [0.15, 0.2) is 0 Å². The van der Waals surface area contributed by atoms with Crippen LogP contribution in [0.3, 0.4) is 0 Å². The lowest BCUT2D eigenvalue weighted by Crippen LogP contribution is -2.26. The summed E-state index contributed by atoms with van der Waals surface area (Å²) in [6.07, 6.45) is 0.566. The van der Waals surface area contributed by atoms with E-state index in [1.807, 2.05) is 0 Å². The van der Waals surface area contributed by atoms with Crippen molar-refractivity contribution in [2.45, 2.75) is 19.1 Å². The second-order valence-corrected chi connectivity index (χ2v) is 8.32. The molecular formula is C20H14ClF3N6O2S. The van der Waals surface area contributed by atoms with Gasteiger partial charge in [-0.15, -0.1) is 11.3 Å². The molecule has 0 bridgehead atoms. The number of hydrogen-bond acceptors (Lipinski definition) is 6. The van der Waals surface area contributed by atoms with E-state index in [1.54, 1.807) is 35.8 Å². The fourth-order valence-electron chi connectivity index (χ4n) is 2.94. The van der Waals surface area contributed by atoms with Crippen LogP contribution in [0.1, 0.15) is 43.6 Å². The summed E-state index contributed by atoms with van der Waals surface area (Å²) in [5, 5.41) is 9.07. The topological polar surface area (TPSA) is 101 Å². The van der Waals surface area contributed by atoms with Gasteiger partial charge in [0.25, 0.3) is 11.8 Å². The lowest BCUT2D eigenvalue weighted by atomic mass is 10.2. The Labute approximate surface area is 193 Å². The van der Waals surface area contributed by atoms with Crippen LogP contribution in [0.5, 0.6) is 0 Å². The summed E-state index contributed by atoms with van der Waals surface area (Å²) in [6.45, 7) is 1.69. The SMILES string of the molecule is CC(NC(=O)c1cnn2ccccc12)c1ncc(C(=O)Nc2cc(C(F)(F)F)c(Cl)cn2)s1. The highest BCUT2D eigenvalue weighted by molar-refractivity contribution is 7.13. The maximum Gasteiger partial charge on any atom is 0.418 e. The number of anilines is 1. The molecule has 170 valence electrons. The van der Waals surface area contributed by atoms with Crippen LogP contribution in [-0.4, -0.2) is 31.4 Å². The van der Waals surface area contributed by atoms with E-state index in [0.29, 0.717) is 22.2 Å². The first-order valence-electron chi connectivity index (χ1n) is 9.36. The minimum absolute atomic E-state index is 0.132. The molecule has 8 nitrogen and oxygen atoms in total. The zero-order valence-corrected chi connectivity index (χ0v) is 18.3. The Morgan fingerprint density at radius 3 is 2.70 bits per heavy atom. The van der Waals surface area contributed by atoms with Crippen LogP contribution >= 0.6 is 22.9 Å². The third kappa shape index (κ3) is 4.81. The molecule has 0 aromatic carbocycles. The molecule has 0 spiro atoms. The van der Waals surface area contributed by atoms with E-state index in [9.17, 15) is 22.8 Å². The van der Waals surface area contributed by atoms with Crippen LogP contribution in [0.25, 0.3) is 5.52 Å². The highest BCUT2D eigenvalue weighted by atomic mass is 35.5. The molecule has 4 aromatic heterocycles. The van der Waals surface area contributed by atoms with Crippen molar-refractivity contribution in [1.29, 1.82) is 0 Å². The van der Waals surface area contributed by atoms with E-state index in [2.05, 4.69) is 25.7 Å². The van der Waals surface area contributed by atoms with E-state index >= 15 is 0 Å². The number of carbonyl (C=O) groups excluding carboxylic acids is 2. The number of nitrogens with one attached hydrogen (secondary N) is 2. The standard InChI is InChI=1S/C20H14ClF3N6O2S/c1-10(28-17(31)11-7-27-30-5-3-2-4-14(11)30)19-26-9-15(33-19)18(32)29-16-6-12(20(22,23)24)13(21)8-25-16/h2-10H,1H3,(H,28,31)(H,25,29,32). The summed E-state index contributed by atoms with van der Waals surface area (Å²) >= 11 is 6.53. The molecule has 0 saturated carbocycles. The molecule has 4 heterocycles. The Kier molecular flexibility index (Phi) is 6.04. The van der Waals surface area contributed by atoms with Crippen molar-refractivity contribution in [3.63, 3.8) is 0 Å². The van der Waals surface area contributed by atoms with Crippen LogP contribution < -0.4 is 10.6 Å². The number of nitrogens with zero attached hydrogens (tertiary/aromatic N) is 4. The molecule has 0 aliphatic carbocycles. The number of carbonyl (C=O) groups is 2. The Hall–Kier alpha value is -3.51. The lowest BCUT2D eigenvalue weighted by molar-refractivity contribution is -0.137. The smallest absolute Gasteiger partial charge is 0.343 e. The molecule has 13 heteroatoms. The van der Waals surface area contributed by atoms with Crippen LogP contribution in [0, 0.1) is 0 Å². The third-order valence-corrected chi connectivity index (χ3v) is 6.02. The average Bonchev–Trinajstić information content (AvgIpc) is 3.42. The van der Waals surface area contributed by atoms with Gasteiger partial charge in [-0.2, -0.15) is 18.3 Å². The van der Waals surface area contributed by atoms with E-state index in [-0.39, 0.29) is 16.6 Å². The van der Waals surface area contributed by atoms with Crippen LogP contribution in [0.2, 0.25) is 5.02 Å². The Balaban J connectivity index is 1.45. The van der Waals surface area contributed by atoms with Gasteiger partial charge in [-0.1, -0.05) is 17.7 Å². The first kappa shape index (κ1) is 22.7. The predicted molar refractivity (Wildman–Crippen MR) is 115 cm³/mol. The molecular weight excluding hydrogens is 481 g/mol.